The summed E-state index contributed by atoms with van der Waals surface area (Å²) in [6.07, 6.45) is 0. The van der Waals surface area contributed by atoms with E-state index in [1.807, 2.05) is 6.07 Å². The van der Waals surface area contributed by atoms with Crippen molar-refractivity contribution in [2.24, 2.45) is 0 Å². The second-order valence-electron chi connectivity index (χ2n) is 6.31. The van der Waals surface area contributed by atoms with E-state index in [2.05, 4.69) is 31.4 Å². The minimum absolute atomic E-state index is 0.232. The number of pyridine rings is 1. The Labute approximate surface area is 173 Å². The number of aryl methyl sites for hydroxylation is 1. The van der Waals surface area contributed by atoms with Crippen molar-refractivity contribution in [3.63, 3.8) is 0 Å². The normalized spacial score (nSPS) is 10.9. The van der Waals surface area contributed by atoms with Gasteiger partial charge in [-0.15, -0.1) is 0 Å². The Bertz CT molecular complexity index is 1220. The smallest absolute Gasteiger partial charge is 0.259 e. The van der Waals surface area contributed by atoms with E-state index >= 15 is 0 Å². The van der Waals surface area contributed by atoms with Crippen LogP contribution < -0.4 is 10.1 Å². The van der Waals surface area contributed by atoms with E-state index in [-0.39, 0.29) is 17.4 Å². The van der Waals surface area contributed by atoms with Crippen molar-refractivity contribution in [1.82, 2.24) is 10.1 Å². The van der Waals surface area contributed by atoms with Crippen LogP contribution in [-0.2, 0) is 0 Å². The summed E-state index contributed by atoms with van der Waals surface area (Å²) in [6, 6.07) is 12.8. The maximum atomic E-state index is 13.3. The average Bonchev–Trinajstić information content (AvgIpc) is 3.09. The van der Waals surface area contributed by atoms with E-state index in [1.54, 1.807) is 37.3 Å². The fourth-order valence-corrected chi connectivity index (χ4v) is 3.37. The lowest BCUT2D eigenvalue weighted by molar-refractivity contribution is 0.102. The zero-order chi connectivity index (χ0) is 20.5. The quantitative estimate of drug-likeness (QED) is 0.448. The number of hydrogen-bond acceptors (Lipinski definition) is 5. The molecule has 146 valence electrons. The number of nitrogens with one attached hydrogen (secondary N) is 1. The lowest BCUT2D eigenvalue weighted by Gasteiger charge is -2.12. The summed E-state index contributed by atoms with van der Waals surface area (Å²) >= 11 is 3.39. The van der Waals surface area contributed by atoms with Gasteiger partial charge in [-0.3, -0.25) is 4.79 Å². The van der Waals surface area contributed by atoms with Crippen molar-refractivity contribution >= 4 is 38.6 Å². The van der Waals surface area contributed by atoms with Crippen LogP contribution in [0.2, 0.25) is 0 Å². The van der Waals surface area contributed by atoms with E-state index in [0.717, 1.165) is 4.47 Å². The van der Waals surface area contributed by atoms with Crippen molar-refractivity contribution < 1.29 is 18.4 Å². The Morgan fingerprint density at radius 1 is 1.17 bits per heavy atom. The van der Waals surface area contributed by atoms with Crippen LogP contribution in [0.15, 0.2) is 57.5 Å². The molecule has 0 aliphatic rings. The predicted molar refractivity (Wildman–Crippen MR) is 111 cm³/mol. The number of fused-ring (bicyclic) bond motifs is 1. The molecule has 0 aliphatic heterocycles. The van der Waals surface area contributed by atoms with Crippen LogP contribution in [0, 0.1) is 12.7 Å². The van der Waals surface area contributed by atoms with E-state index in [1.165, 1.54) is 19.2 Å². The SMILES string of the molecule is COc1ccc(Br)cc1NC(=O)c1cc(-c2ccc(F)cc2)nc2onc(C)c12. The van der Waals surface area contributed by atoms with Crippen molar-refractivity contribution in [3.05, 3.63) is 70.1 Å². The van der Waals surface area contributed by atoms with Gasteiger partial charge < -0.3 is 14.6 Å². The monoisotopic (exact) mass is 455 g/mol. The zero-order valence-electron chi connectivity index (χ0n) is 15.5. The third-order valence-corrected chi connectivity index (χ3v) is 4.90. The summed E-state index contributed by atoms with van der Waals surface area (Å²) in [5, 5.41) is 7.31. The Kier molecular flexibility index (Phi) is 5.02. The van der Waals surface area contributed by atoms with Gasteiger partial charge in [0.15, 0.2) is 0 Å². The van der Waals surface area contributed by atoms with Crippen LogP contribution in [-0.4, -0.2) is 23.2 Å². The number of benzene rings is 2. The zero-order valence-corrected chi connectivity index (χ0v) is 17.1. The number of anilines is 1. The lowest BCUT2D eigenvalue weighted by atomic mass is 10.0. The number of methoxy groups -OCH3 is 1. The van der Waals surface area contributed by atoms with Crippen LogP contribution >= 0.6 is 15.9 Å². The van der Waals surface area contributed by atoms with Gasteiger partial charge in [-0.1, -0.05) is 21.1 Å². The molecule has 0 saturated heterocycles. The van der Waals surface area contributed by atoms with Gasteiger partial charge in [0.2, 0.25) is 0 Å². The molecule has 0 saturated carbocycles. The van der Waals surface area contributed by atoms with Crippen molar-refractivity contribution in [1.29, 1.82) is 0 Å². The largest absolute Gasteiger partial charge is 0.495 e. The van der Waals surface area contributed by atoms with Crippen LogP contribution in [0.4, 0.5) is 10.1 Å². The van der Waals surface area contributed by atoms with Crippen LogP contribution in [0.5, 0.6) is 5.75 Å². The molecular formula is C21H15BrFN3O3. The third-order valence-electron chi connectivity index (χ3n) is 4.41. The van der Waals surface area contributed by atoms with Gasteiger partial charge >= 0.3 is 0 Å². The van der Waals surface area contributed by atoms with Gasteiger partial charge in [-0.05, 0) is 55.5 Å². The maximum Gasteiger partial charge on any atom is 0.259 e. The van der Waals surface area contributed by atoms with Gasteiger partial charge in [0.1, 0.15) is 11.6 Å². The topological polar surface area (TPSA) is 77.2 Å². The Morgan fingerprint density at radius 2 is 1.93 bits per heavy atom. The van der Waals surface area contributed by atoms with Crippen LogP contribution in [0.3, 0.4) is 0 Å². The Balaban J connectivity index is 1.81. The van der Waals surface area contributed by atoms with Crippen molar-refractivity contribution in [2.45, 2.75) is 6.92 Å². The molecule has 6 nitrogen and oxygen atoms in total. The first-order valence-electron chi connectivity index (χ1n) is 8.64. The molecule has 8 heteroatoms. The highest BCUT2D eigenvalue weighted by molar-refractivity contribution is 9.10. The first-order valence-corrected chi connectivity index (χ1v) is 9.43. The molecule has 4 rings (SSSR count). The molecule has 0 bridgehead atoms. The average molecular weight is 456 g/mol. The summed E-state index contributed by atoms with van der Waals surface area (Å²) in [5.41, 5.74) is 2.75. The Morgan fingerprint density at radius 3 is 2.66 bits per heavy atom. The molecule has 2 aromatic carbocycles. The number of nitrogens with zero attached hydrogens (tertiary/aromatic N) is 2. The molecule has 2 heterocycles. The summed E-state index contributed by atoms with van der Waals surface area (Å²) in [7, 11) is 1.53. The highest BCUT2D eigenvalue weighted by Gasteiger charge is 2.20. The van der Waals surface area contributed by atoms with Crippen molar-refractivity contribution in [2.75, 3.05) is 12.4 Å². The van der Waals surface area contributed by atoms with E-state index in [0.29, 0.717) is 39.3 Å². The van der Waals surface area contributed by atoms with E-state index in [4.69, 9.17) is 9.26 Å². The minimum Gasteiger partial charge on any atom is -0.495 e. The fraction of sp³-hybridized carbons (Fsp3) is 0.0952. The number of rotatable bonds is 4. The molecule has 0 atom stereocenters. The van der Waals surface area contributed by atoms with Crippen LogP contribution in [0.25, 0.3) is 22.4 Å². The molecule has 4 aromatic rings. The molecule has 0 radical (unpaired) electrons. The predicted octanol–water partition coefficient (Wildman–Crippen LogP) is 5.36. The van der Waals surface area contributed by atoms with Gasteiger partial charge in [0, 0.05) is 10.0 Å². The number of carbonyl (C=O) groups excluding carboxylic acids is 1. The third kappa shape index (κ3) is 3.71. The second-order valence-corrected chi connectivity index (χ2v) is 7.22. The molecule has 1 N–H and O–H groups in total. The molecule has 0 unspecified atom stereocenters. The summed E-state index contributed by atoms with van der Waals surface area (Å²) in [4.78, 5) is 17.6. The van der Waals surface area contributed by atoms with E-state index < -0.39 is 0 Å². The van der Waals surface area contributed by atoms with Crippen molar-refractivity contribution in [3.8, 4) is 17.0 Å². The highest BCUT2D eigenvalue weighted by Crippen LogP contribution is 2.31. The first kappa shape index (κ1) is 19.1. The van der Waals surface area contributed by atoms with E-state index in [9.17, 15) is 9.18 Å². The molecule has 0 spiro atoms. The standard InChI is InChI=1S/C21H15BrFN3O3/c1-11-19-15(20(27)24-17-9-13(22)5-8-18(17)28-2)10-16(25-21(19)29-26-11)12-3-6-14(23)7-4-12/h3-10H,1-2H3,(H,24,27). The van der Waals surface area contributed by atoms with Gasteiger partial charge in [-0.2, -0.15) is 0 Å². The first-order chi connectivity index (χ1) is 14.0. The molecule has 0 fully saturated rings. The molecule has 29 heavy (non-hydrogen) atoms. The molecule has 0 aliphatic carbocycles. The molecule has 1 amide bonds. The number of ether oxygens (including phenoxy) is 1. The fourth-order valence-electron chi connectivity index (χ4n) is 3.01. The number of halogens is 2. The number of aromatic nitrogens is 2. The highest BCUT2D eigenvalue weighted by atomic mass is 79.9. The summed E-state index contributed by atoms with van der Waals surface area (Å²) < 4.78 is 24.7. The van der Waals surface area contributed by atoms with Gasteiger partial charge in [-0.25, -0.2) is 9.37 Å². The second kappa shape index (κ2) is 7.63. The minimum atomic E-state index is -0.372. The molecular weight excluding hydrogens is 441 g/mol. The molecule has 2 aromatic heterocycles. The lowest BCUT2D eigenvalue weighted by Crippen LogP contribution is -2.14. The summed E-state index contributed by atoms with van der Waals surface area (Å²) in [5.74, 6) is -0.207. The van der Waals surface area contributed by atoms with Gasteiger partial charge in [0.25, 0.3) is 11.6 Å². The number of hydrogen-bond donors (Lipinski definition) is 1. The maximum absolute atomic E-state index is 13.3. The van der Waals surface area contributed by atoms with Crippen LogP contribution in [0.1, 0.15) is 16.1 Å². The summed E-state index contributed by atoms with van der Waals surface area (Å²) in [6.45, 7) is 1.74. The van der Waals surface area contributed by atoms with Gasteiger partial charge in [0.05, 0.1) is 35.1 Å². The number of amides is 1. The number of carbonyl (C=O) groups is 1. The Hall–Kier alpha value is -3.26.